The van der Waals surface area contributed by atoms with Crippen molar-refractivity contribution in [2.45, 2.75) is 46.6 Å². The molecule has 8 heteroatoms. The zero-order chi connectivity index (χ0) is 22.4. The summed E-state index contributed by atoms with van der Waals surface area (Å²) in [7, 11) is 1.79. The predicted molar refractivity (Wildman–Crippen MR) is 143 cm³/mol. The zero-order valence-electron chi connectivity index (χ0n) is 20.4. The maximum Gasteiger partial charge on any atom is 0.213 e. The molecule has 0 radical (unpaired) electrons. The van der Waals surface area contributed by atoms with Gasteiger partial charge in [-0.05, 0) is 31.0 Å². The van der Waals surface area contributed by atoms with E-state index in [9.17, 15) is 0 Å². The highest BCUT2D eigenvalue weighted by Crippen LogP contribution is 2.24. The fraction of sp³-hybridized carbons (Fsp3) is 0.583. The molecule has 1 aliphatic heterocycles. The summed E-state index contributed by atoms with van der Waals surface area (Å²) in [5.74, 6) is 2.34. The van der Waals surface area contributed by atoms with Gasteiger partial charge in [-0.15, -0.1) is 24.0 Å². The summed E-state index contributed by atoms with van der Waals surface area (Å²) in [6, 6.07) is 6.59. The van der Waals surface area contributed by atoms with Gasteiger partial charge in [0, 0.05) is 57.4 Å². The number of piperazine rings is 1. The Kier molecular flexibility index (Phi) is 9.82. The van der Waals surface area contributed by atoms with Crippen molar-refractivity contribution >= 4 is 35.6 Å². The van der Waals surface area contributed by atoms with Gasteiger partial charge in [0.15, 0.2) is 5.96 Å². The molecular formula is C24H39IN6O. The molecule has 1 aromatic carbocycles. The summed E-state index contributed by atoms with van der Waals surface area (Å²) >= 11 is 0. The Morgan fingerprint density at radius 3 is 2.47 bits per heavy atom. The van der Waals surface area contributed by atoms with Gasteiger partial charge in [-0.25, -0.2) is 4.98 Å². The minimum atomic E-state index is -0.0345. The first-order chi connectivity index (χ1) is 14.8. The molecule has 0 atom stereocenters. The molecule has 32 heavy (non-hydrogen) atoms. The van der Waals surface area contributed by atoms with Crippen LogP contribution in [-0.4, -0.2) is 62.2 Å². The standard InChI is InChI=1S/C24H38N6O.HI/c1-18-8-7-9-20(19(18)2)30-14-12-29(13-15-30)11-10-26-23(25-6)28-17-22-27-16-21(31-22)24(3,4)5;/h7-9,16H,10-15,17H2,1-6H3,(H2,25,26,28);1H. The molecule has 1 fully saturated rings. The molecule has 0 aliphatic carbocycles. The maximum atomic E-state index is 5.84. The number of aliphatic imine (C=N–C) groups is 1. The number of rotatable bonds is 6. The van der Waals surface area contributed by atoms with Crippen molar-refractivity contribution in [1.82, 2.24) is 20.5 Å². The molecule has 178 valence electrons. The van der Waals surface area contributed by atoms with E-state index in [2.05, 4.69) is 83.2 Å². The second-order valence-electron chi connectivity index (χ2n) is 9.27. The summed E-state index contributed by atoms with van der Waals surface area (Å²) < 4.78 is 5.84. The number of oxazole rings is 1. The largest absolute Gasteiger partial charge is 0.443 e. The molecule has 0 unspecified atom stereocenters. The minimum absolute atomic E-state index is 0. The van der Waals surface area contributed by atoms with E-state index in [4.69, 9.17) is 4.42 Å². The summed E-state index contributed by atoms with van der Waals surface area (Å²) in [5.41, 5.74) is 4.10. The number of nitrogens with one attached hydrogen (secondary N) is 2. The second-order valence-corrected chi connectivity index (χ2v) is 9.27. The van der Waals surface area contributed by atoms with Crippen LogP contribution in [0.2, 0.25) is 0 Å². The van der Waals surface area contributed by atoms with Crippen LogP contribution < -0.4 is 15.5 Å². The van der Waals surface area contributed by atoms with Crippen molar-refractivity contribution in [2.24, 2.45) is 4.99 Å². The molecule has 1 aromatic heterocycles. The lowest BCUT2D eigenvalue weighted by Gasteiger charge is -2.37. The zero-order valence-corrected chi connectivity index (χ0v) is 22.7. The van der Waals surface area contributed by atoms with E-state index < -0.39 is 0 Å². The van der Waals surface area contributed by atoms with Gasteiger partial charge in [-0.2, -0.15) is 0 Å². The van der Waals surface area contributed by atoms with Gasteiger partial charge in [0.1, 0.15) is 5.76 Å². The number of halogens is 1. The van der Waals surface area contributed by atoms with E-state index >= 15 is 0 Å². The summed E-state index contributed by atoms with van der Waals surface area (Å²) in [6.45, 7) is 17.4. The third-order valence-electron chi connectivity index (χ3n) is 5.93. The highest BCUT2D eigenvalue weighted by atomic mass is 127. The predicted octanol–water partition coefficient (Wildman–Crippen LogP) is 3.69. The molecule has 2 heterocycles. The van der Waals surface area contributed by atoms with Crippen molar-refractivity contribution in [2.75, 3.05) is 51.2 Å². The normalized spacial score (nSPS) is 15.4. The van der Waals surface area contributed by atoms with E-state index in [1.54, 1.807) is 7.05 Å². The fourth-order valence-corrected chi connectivity index (χ4v) is 3.74. The SMILES string of the molecule is CN=C(NCCN1CCN(c2cccc(C)c2C)CC1)NCc1ncc(C(C)(C)C)o1.I. The third-order valence-corrected chi connectivity index (χ3v) is 5.93. The molecule has 7 nitrogen and oxygen atoms in total. The van der Waals surface area contributed by atoms with E-state index in [1.165, 1.54) is 16.8 Å². The first kappa shape index (κ1) is 26.4. The molecule has 2 aromatic rings. The first-order valence-corrected chi connectivity index (χ1v) is 11.2. The Morgan fingerprint density at radius 2 is 1.84 bits per heavy atom. The lowest BCUT2D eigenvalue weighted by atomic mass is 9.94. The Labute approximate surface area is 210 Å². The molecule has 1 saturated heterocycles. The van der Waals surface area contributed by atoms with Crippen molar-refractivity contribution < 1.29 is 4.42 Å². The highest BCUT2D eigenvalue weighted by molar-refractivity contribution is 14.0. The number of guanidine groups is 1. The number of aromatic nitrogens is 1. The van der Waals surface area contributed by atoms with Crippen LogP contribution in [0.15, 0.2) is 33.8 Å². The third kappa shape index (κ3) is 7.10. The van der Waals surface area contributed by atoms with Crippen LogP contribution in [0.4, 0.5) is 5.69 Å². The van der Waals surface area contributed by atoms with Gasteiger partial charge >= 0.3 is 0 Å². The lowest BCUT2D eigenvalue weighted by Crippen LogP contribution is -2.49. The monoisotopic (exact) mass is 554 g/mol. The molecule has 2 N–H and O–H groups in total. The topological polar surface area (TPSA) is 68.9 Å². The van der Waals surface area contributed by atoms with E-state index in [1.807, 2.05) is 6.20 Å². The number of hydrogen-bond acceptors (Lipinski definition) is 5. The average molecular weight is 555 g/mol. The Hall–Kier alpha value is -1.81. The van der Waals surface area contributed by atoms with Gasteiger partial charge < -0.3 is 20.0 Å². The second kappa shape index (κ2) is 11.9. The Morgan fingerprint density at radius 1 is 1.12 bits per heavy atom. The van der Waals surface area contributed by atoms with Crippen LogP contribution in [0.25, 0.3) is 0 Å². The number of anilines is 1. The smallest absolute Gasteiger partial charge is 0.213 e. The van der Waals surface area contributed by atoms with Crippen LogP contribution in [0.5, 0.6) is 0 Å². The highest BCUT2D eigenvalue weighted by Gasteiger charge is 2.20. The lowest BCUT2D eigenvalue weighted by molar-refractivity contribution is 0.261. The van der Waals surface area contributed by atoms with Crippen LogP contribution in [-0.2, 0) is 12.0 Å². The fourth-order valence-electron chi connectivity index (χ4n) is 3.74. The van der Waals surface area contributed by atoms with Crippen LogP contribution >= 0.6 is 24.0 Å². The molecule has 3 rings (SSSR count). The van der Waals surface area contributed by atoms with Crippen LogP contribution in [0.1, 0.15) is 43.5 Å². The van der Waals surface area contributed by atoms with E-state index in [0.717, 1.165) is 51.0 Å². The molecule has 0 bridgehead atoms. The molecule has 1 aliphatic rings. The summed E-state index contributed by atoms with van der Waals surface area (Å²) in [6.07, 6.45) is 1.81. The van der Waals surface area contributed by atoms with E-state index in [-0.39, 0.29) is 29.4 Å². The summed E-state index contributed by atoms with van der Waals surface area (Å²) in [4.78, 5) is 13.7. The van der Waals surface area contributed by atoms with E-state index in [0.29, 0.717) is 12.4 Å². The maximum absolute atomic E-state index is 5.84. The molecular weight excluding hydrogens is 515 g/mol. The van der Waals surface area contributed by atoms with Crippen molar-refractivity contribution in [1.29, 1.82) is 0 Å². The minimum Gasteiger partial charge on any atom is -0.443 e. The van der Waals surface area contributed by atoms with Gasteiger partial charge in [-0.3, -0.25) is 9.89 Å². The number of nitrogens with zero attached hydrogens (tertiary/aromatic N) is 4. The Bertz CT molecular complexity index is 881. The average Bonchev–Trinajstić information content (AvgIpc) is 3.23. The van der Waals surface area contributed by atoms with Crippen LogP contribution in [0, 0.1) is 13.8 Å². The van der Waals surface area contributed by atoms with Crippen molar-refractivity contribution in [3.63, 3.8) is 0 Å². The molecule has 0 amide bonds. The number of benzene rings is 1. The van der Waals surface area contributed by atoms with Crippen LogP contribution in [0.3, 0.4) is 0 Å². The van der Waals surface area contributed by atoms with Crippen molar-refractivity contribution in [3.05, 3.63) is 47.2 Å². The molecule has 0 saturated carbocycles. The number of aryl methyl sites for hydroxylation is 1. The van der Waals surface area contributed by atoms with Gasteiger partial charge in [0.05, 0.1) is 12.7 Å². The summed E-state index contributed by atoms with van der Waals surface area (Å²) in [5, 5.41) is 6.68. The van der Waals surface area contributed by atoms with Gasteiger partial charge in [0.25, 0.3) is 0 Å². The Balaban J connectivity index is 0.00000363. The molecule has 0 spiro atoms. The van der Waals surface area contributed by atoms with Gasteiger partial charge in [-0.1, -0.05) is 32.9 Å². The van der Waals surface area contributed by atoms with Crippen molar-refractivity contribution in [3.8, 4) is 0 Å². The number of hydrogen-bond donors (Lipinski definition) is 2. The first-order valence-electron chi connectivity index (χ1n) is 11.2. The quantitative estimate of drug-likeness (QED) is 0.323. The van der Waals surface area contributed by atoms with Gasteiger partial charge in [0.2, 0.25) is 5.89 Å².